The van der Waals surface area contributed by atoms with Gasteiger partial charge in [0, 0.05) is 10.0 Å². The molecule has 4 nitrogen and oxygen atoms in total. The van der Waals surface area contributed by atoms with Crippen LogP contribution in [0, 0.1) is 5.41 Å². The summed E-state index contributed by atoms with van der Waals surface area (Å²) in [5.74, 6) is 0. The Labute approximate surface area is 146 Å². The quantitative estimate of drug-likeness (QED) is 0.760. The number of aromatic nitrogens is 3. The van der Waals surface area contributed by atoms with Gasteiger partial charge in [0.2, 0.25) is 0 Å². The third-order valence-corrected chi connectivity index (χ3v) is 4.87. The molecule has 0 radical (unpaired) electrons. The predicted octanol–water partition coefficient (Wildman–Crippen LogP) is 4.16. The van der Waals surface area contributed by atoms with Crippen LogP contribution in [0.5, 0.6) is 0 Å². The molecule has 0 aliphatic heterocycles. The smallest absolute Gasteiger partial charge is 0.137 e. The lowest BCUT2D eigenvalue weighted by atomic mass is 9.69. The molecule has 0 bridgehead atoms. The SMILES string of the molecule is C=CCC(O)(Cn1cncn1)C(C)(C)Cc1ccc(Cl)cc1Cl. The minimum atomic E-state index is -1.04. The number of hydrogen-bond donors (Lipinski definition) is 1. The highest BCUT2D eigenvalue weighted by molar-refractivity contribution is 6.35. The Morgan fingerprint density at radius 3 is 2.65 bits per heavy atom. The van der Waals surface area contributed by atoms with Gasteiger partial charge < -0.3 is 5.11 Å². The minimum absolute atomic E-state index is 0.331. The van der Waals surface area contributed by atoms with E-state index < -0.39 is 11.0 Å². The molecule has 1 unspecified atom stereocenters. The van der Waals surface area contributed by atoms with Gasteiger partial charge in [-0.05, 0) is 36.0 Å². The molecule has 23 heavy (non-hydrogen) atoms. The fraction of sp³-hybridized carbons (Fsp3) is 0.412. The molecule has 6 heteroatoms. The summed E-state index contributed by atoms with van der Waals surface area (Å²) in [7, 11) is 0. The van der Waals surface area contributed by atoms with Crippen LogP contribution in [-0.2, 0) is 13.0 Å². The van der Waals surface area contributed by atoms with Crippen LogP contribution < -0.4 is 0 Å². The third kappa shape index (κ3) is 4.14. The Morgan fingerprint density at radius 1 is 1.35 bits per heavy atom. The van der Waals surface area contributed by atoms with Gasteiger partial charge in [-0.3, -0.25) is 4.68 Å². The second-order valence-electron chi connectivity index (χ2n) is 6.41. The van der Waals surface area contributed by atoms with Crippen molar-refractivity contribution in [2.24, 2.45) is 5.41 Å². The molecule has 0 amide bonds. The first-order valence-electron chi connectivity index (χ1n) is 7.37. The van der Waals surface area contributed by atoms with E-state index in [0.29, 0.717) is 29.4 Å². The van der Waals surface area contributed by atoms with Crippen molar-refractivity contribution in [3.05, 3.63) is 59.1 Å². The molecule has 1 aromatic carbocycles. The fourth-order valence-electron chi connectivity index (χ4n) is 2.68. The summed E-state index contributed by atoms with van der Waals surface area (Å²) in [6.07, 6.45) is 5.81. The van der Waals surface area contributed by atoms with E-state index in [1.54, 1.807) is 23.2 Å². The minimum Gasteiger partial charge on any atom is -0.387 e. The Hall–Kier alpha value is -1.36. The molecule has 2 rings (SSSR count). The first kappa shape index (κ1) is 18.0. The van der Waals surface area contributed by atoms with Gasteiger partial charge in [-0.1, -0.05) is 49.2 Å². The summed E-state index contributed by atoms with van der Waals surface area (Å²) in [5.41, 5.74) is -0.558. The lowest BCUT2D eigenvalue weighted by molar-refractivity contribution is -0.0798. The van der Waals surface area contributed by atoms with E-state index in [2.05, 4.69) is 16.7 Å². The van der Waals surface area contributed by atoms with Gasteiger partial charge in [-0.25, -0.2) is 4.98 Å². The second-order valence-corrected chi connectivity index (χ2v) is 7.26. The molecular formula is C17H21Cl2N3O. The molecule has 0 aliphatic rings. The molecule has 1 heterocycles. The largest absolute Gasteiger partial charge is 0.387 e. The number of aliphatic hydroxyl groups is 1. The number of hydrogen-bond acceptors (Lipinski definition) is 3. The Kier molecular flexibility index (Phi) is 5.50. The maximum atomic E-state index is 11.3. The summed E-state index contributed by atoms with van der Waals surface area (Å²) < 4.78 is 1.63. The number of halogens is 2. The Morgan fingerprint density at radius 2 is 2.09 bits per heavy atom. The van der Waals surface area contributed by atoms with Gasteiger partial charge >= 0.3 is 0 Å². The molecule has 0 saturated heterocycles. The lowest BCUT2D eigenvalue weighted by Crippen LogP contribution is -2.49. The van der Waals surface area contributed by atoms with Crippen LogP contribution in [0.4, 0.5) is 0 Å². The van der Waals surface area contributed by atoms with Crippen LogP contribution in [-0.4, -0.2) is 25.5 Å². The highest BCUT2D eigenvalue weighted by Crippen LogP contribution is 2.40. The maximum absolute atomic E-state index is 11.3. The van der Waals surface area contributed by atoms with Crippen molar-refractivity contribution in [3.63, 3.8) is 0 Å². The summed E-state index contributed by atoms with van der Waals surface area (Å²) in [4.78, 5) is 3.94. The van der Waals surface area contributed by atoms with Gasteiger partial charge in [0.05, 0.1) is 12.1 Å². The predicted molar refractivity (Wildman–Crippen MR) is 93.7 cm³/mol. The lowest BCUT2D eigenvalue weighted by Gasteiger charge is -2.42. The molecule has 0 spiro atoms. The average molecular weight is 354 g/mol. The van der Waals surface area contributed by atoms with Gasteiger partial charge in [0.25, 0.3) is 0 Å². The van der Waals surface area contributed by atoms with E-state index in [4.69, 9.17) is 23.2 Å². The van der Waals surface area contributed by atoms with Crippen LogP contribution in [0.1, 0.15) is 25.8 Å². The first-order chi connectivity index (χ1) is 10.8. The number of benzene rings is 1. The molecular weight excluding hydrogens is 333 g/mol. The van der Waals surface area contributed by atoms with Gasteiger partial charge in [0.1, 0.15) is 12.7 Å². The molecule has 1 atom stereocenters. The number of rotatable bonds is 7. The first-order valence-corrected chi connectivity index (χ1v) is 8.13. The zero-order valence-corrected chi connectivity index (χ0v) is 14.8. The van der Waals surface area contributed by atoms with Crippen LogP contribution in [0.3, 0.4) is 0 Å². The van der Waals surface area contributed by atoms with Crippen molar-refractivity contribution in [2.45, 2.75) is 38.8 Å². The van der Waals surface area contributed by atoms with E-state index in [1.807, 2.05) is 26.0 Å². The maximum Gasteiger partial charge on any atom is 0.137 e. The highest BCUT2D eigenvalue weighted by Gasteiger charge is 2.43. The summed E-state index contributed by atoms with van der Waals surface area (Å²) in [6, 6.07) is 5.43. The zero-order valence-electron chi connectivity index (χ0n) is 13.3. The van der Waals surface area contributed by atoms with Crippen molar-refractivity contribution < 1.29 is 5.11 Å². The van der Waals surface area contributed by atoms with Crippen molar-refractivity contribution in [1.29, 1.82) is 0 Å². The van der Waals surface area contributed by atoms with Gasteiger partial charge in [-0.15, -0.1) is 6.58 Å². The van der Waals surface area contributed by atoms with Gasteiger partial charge in [0.15, 0.2) is 0 Å². The monoisotopic (exact) mass is 353 g/mol. The summed E-state index contributed by atoms with van der Waals surface area (Å²) in [6.45, 7) is 8.13. The molecule has 1 aromatic heterocycles. The molecule has 2 aromatic rings. The molecule has 0 aliphatic carbocycles. The average Bonchev–Trinajstić information content (AvgIpc) is 2.94. The zero-order chi connectivity index (χ0) is 17.1. The van der Waals surface area contributed by atoms with E-state index >= 15 is 0 Å². The van der Waals surface area contributed by atoms with E-state index in [0.717, 1.165) is 5.56 Å². The summed E-state index contributed by atoms with van der Waals surface area (Å²) >= 11 is 12.2. The number of nitrogens with zero attached hydrogens (tertiary/aromatic N) is 3. The standard InChI is InChI=1S/C17H21Cl2N3O/c1-4-7-17(23,10-22-12-20-11-21-22)16(2,3)9-13-5-6-14(18)8-15(13)19/h4-6,8,11-12,23H,1,7,9-10H2,2-3H3. The third-order valence-electron chi connectivity index (χ3n) is 4.28. The Bertz CT molecular complexity index is 670. The normalized spacial score (nSPS) is 14.5. The topological polar surface area (TPSA) is 50.9 Å². The molecule has 124 valence electrons. The fourth-order valence-corrected chi connectivity index (χ4v) is 3.16. The van der Waals surface area contributed by atoms with E-state index in [-0.39, 0.29) is 0 Å². The van der Waals surface area contributed by atoms with Crippen molar-refractivity contribution in [3.8, 4) is 0 Å². The summed E-state index contributed by atoms with van der Waals surface area (Å²) in [5, 5.41) is 16.6. The molecule has 0 saturated carbocycles. The van der Waals surface area contributed by atoms with E-state index in [1.165, 1.54) is 6.33 Å². The van der Waals surface area contributed by atoms with Crippen LogP contribution in [0.25, 0.3) is 0 Å². The van der Waals surface area contributed by atoms with Crippen LogP contribution in [0.15, 0.2) is 43.5 Å². The van der Waals surface area contributed by atoms with Crippen molar-refractivity contribution >= 4 is 23.2 Å². The Balaban J connectivity index is 2.29. The second kappa shape index (κ2) is 7.04. The molecule has 0 fully saturated rings. The highest BCUT2D eigenvalue weighted by atomic mass is 35.5. The van der Waals surface area contributed by atoms with Crippen molar-refractivity contribution in [1.82, 2.24) is 14.8 Å². The van der Waals surface area contributed by atoms with Crippen LogP contribution in [0.2, 0.25) is 10.0 Å². The molecule has 1 N–H and O–H groups in total. The van der Waals surface area contributed by atoms with Gasteiger partial charge in [-0.2, -0.15) is 5.10 Å². The van der Waals surface area contributed by atoms with E-state index in [9.17, 15) is 5.11 Å². The van der Waals surface area contributed by atoms with Crippen LogP contribution >= 0.6 is 23.2 Å². The van der Waals surface area contributed by atoms with Crippen molar-refractivity contribution in [2.75, 3.05) is 0 Å².